The van der Waals surface area contributed by atoms with E-state index in [-0.39, 0.29) is 12.5 Å². The molecule has 6 nitrogen and oxygen atoms in total. The van der Waals surface area contributed by atoms with Crippen molar-refractivity contribution in [3.63, 3.8) is 0 Å². The van der Waals surface area contributed by atoms with Gasteiger partial charge in [-0.1, -0.05) is 0 Å². The molecule has 110 valence electrons. The molecule has 0 atom stereocenters. The summed E-state index contributed by atoms with van der Waals surface area (Å²) < 4.78 is 10.3. The Kier molecular flexibility index (Phi) is 5.06. The Morgan fingerprint density at radius 2 is 2.25 bits per heavy atom. The molecule has 4 N–H and O–H groups in total. The number of nitrogens with one attached hydrogen (secondary N) is 2. The quantitative estimate of drug-likeness (QED) is 0.523. The van der Waals surface area contributed by atoms with E-state index in [1.165, 1.54) is 0 Å². The third kappa shape index (κ3) is 3.77. The van der Waals surface area contributed by atoms with Gasteiger partial charge in [0.2, 0.25) is 0 Å². The van der Waals surface area contributed by atoms with Gasteiger partial charge in [0.05, 0.1) is 17.1 Å². The summed E-state index contributed by atoms with van der Waals surface area (Å²) in [5.41, 5.74) is 8.07. The van der Waals surface area contributed by atoms with Crippen LogP contribution < -0.4 is 21.1 Å². The molecule has 1 aliphatic rings. The van der Waals surface area contributed by atoms with Crippen LogP contribution >= 0.6 is 0 Å². The first-order valence-corrected chi connectivity index (χ1v) is 6.79. The van der Waals surface area contributed by atoms with Crippen molar-refractivity contribution in [2.75, 3.05) is 43.2 Å². The van der Waals surface area contributed by atoms with Crippen LogP contribution in [0.2, 0.25) is 0 Å². The van der Waals surface area contributed by atoms with Gasteiger partial charge in [-0.3, -0.25) is 4.79 Å². The van der Waals surface area contributed by atoms with Crippen molar-refractivity contribution < 1.29 is 14.3 Å². The summed E-state index contributed by atoms with van der Waals surface area (Å²) in [5, 5.41) is 6.05. The van der Waals surface area contributed by atoms with E-state index in [4.69, 9.17) is 15.2 Å². The van der Waals surface area contributed by atoms with Crippen LogP contribution in [0.1, 0.15) is 19.3 Å². The van der Waals surface area contributed by atoms with Gasteiger partial charge in [0.1, 0.15) is 5.75 Å². The molecule has 0 radical (unpaired) electrons. The van der Waals surface area contributed by atoms with E-state index in [2.05, 4.69) is 10.6 Å². The highest BCUT2D eigenvalue weighted by molar-refractivity contribution is 5.97. The van der Waals surface area contributed by atoms with Crippen LogP contribution in [-0.4, -0.2) is 32.8 Å². The average Bonchev–Trinajstić information content (AvgIpc) is 2.43. The van der Waals surface area contributed by atoms with Gasteiger partial charge in [-0.15, -0.1) is 0 Å². The number of amides is 1. The summed E-state index contributed by atoms with van der Waals surface area (Å²) in [5.74, 6) is 0.473. The number of unbranched alkanes of at least 4 members (excludes halogenated alkanes) is 2. The Morgan fingerprint density at radius 1 is 1.40 bits per heavy atom. The number of rotatable bonds is 7. The minimum atomic E-state index is -0.146. The van der Waals surface area contributed by atoms with Gasteiger partial charge >= 0.3 is 0 Å². The third-order valence-corrected chi connectivity index (χ3v) is 3.13. The number of hydrogen-bond donors (Lipinski definition) is 3. The molecule has 0 aliphatic carbocycles. The normalized spacial score (nSPS) is 13.3. The lowest BCUT2D eigenvalue weighted by molar-refractivity contribution is -0.118. The first-order valence-electron chi connectivity index (χ1n) is 6.79. The molecular formula is C14H21N3O3. The van der Waals surface area contributed by atoms with Crippen LogP contribution in [0.15, 0.2) is 12.1 Å². The maximum atomic E-state index is 11.3. The molecule has 0 aromatic heterocycles. The second-order valence-corrected chi connectivity index (χ2v) is 4.75. The maximum absolute atomic E-state index is 11.3. The zero-order chi connectivity index (χ0) is 14.4. The van der Waals surface area contributed by atoms with Gasteiger partial charge in [0.15, 0.2) is 6.61 Å². The number of hydrogen-bond acceptors (Lipinski definition) is 5. The number of fused-ring (bicyclic) bond motifs is 1. The molecular weight excluding hydrogens is 258 g/mol. The van der Waals surface area contributed by atoms with Crippen molar-refractivity contribution in [1.29, 1.82) is 0 Å². The Morgan fingerprint density at radius 3 is 3.05 bits per heavy atom. The summed E-state index contributed by atoms with van der Waals surface area (Å²) in [6.45, 7) is 1.67. The number of carbonyl (C=O) groups excluding carboxylic acids is 1. The molecule has 20 heavy (non-hydrogen) atoms. The lowest BCUT2D eigenvalue weighted by atomic mass is 10.2. The minimum Gasteiger partial charge on any atom is -0.482 e. The van der Waals surface area contributed by atoms with Crippen molar-refractivity contribution in [2.45, 2.75) is 19.3 Å². The Labute approximate surface area is 118 Å². The summed E-state index contributed by atoms with van der Waals surface area (Å²) in [6, 6.07) is 3.55. The van der Waals surface area contributed by atoms with Crippen molar-refractivity contribution in [3.05, 3.63) is 12.1 Å². The fourth-order valence-electron chi connectivity index (χ4n) is 2.07. The molecule has 0 spiro atoms. The summed E-state index contributed by atoms with van der Waals surface area (Å²) in [4.78, 5) is 11.3. The number of methoxy groups -OCH3 is 1. The van der Waals surface area contributed by atoms with Crippen LogP contribution in [0.25, 0.3) is 0 Å². The number of benzene rings is 1. The highest BCUT2D eigenvalue weighted by Crippen LogP contribution is 2.35. The maximum Gasteiger partial charge on any atom is 0.262 e. The highest BCUT2D eigenvalue weighted by Gasteiger charge is 2.17. The van der Waals surface area contributed by atoms with E-state index >= 15 is 0 Å². The first kappa shape index (κ1) is 14.5. The van der Waals surface area contributed by atoms with E-state index in [0.717, 1.165) is 38.1 Å². The second kappa shape index (κ2) is 7.00. The molecule has 0 fully saturated rings. The average molecular weight is 279 g/mol. The van der Waals surface area contributed by atoms with E-state index in [1.54, 1.807) is 13.2 Å². The van der Waals surface area contributed by atoms with Crippen LogP contribution in [0.5, 0.6) is 5.75 Å². The molecule has 2 rings (SSSR count). The molecule has 0 saturated heterocycles. The lowest BCUT2D eigenvalue weighted by Crippen LogP contribution is -2.25. The first-order chi connectivity index (χ1) is 9.70. The van der Waals surface area contributed by atoms with Gasteiger partial charge in [-0.25, -0.2) is 0 Å². The predicted octanol–water partition coefficient (Wildman–Crippen LogP) is 1.83. The van der Waals surface area contributed by atoms with Gasteiger partial charge < -0.3 is 25.8 Å². The van der Waals surface area contributed by atoms with Gasteiger partial charge in [-0.2, -0.15) is 0 Å². The van der Waals surface area contributed by atoms with Gasteiger partial charge in [0.25, 0.3) is 5.91 Å². The second-order valence-electron chi connectivity index (χ2n) is 4.75. The van der Waals surface area contributed by atoms with Crippen molar-refractivity contribution in [1.82, 2.24) is 0 Å². The highest BCUT2D eigenvalue weighted by atomic mass is 16.5. The van der Waals surface area contributed by atoms with E-state index < -0.39 is 0 Å². The zero-order valence-corrected chi connectivity index (χ0v) is 11.7. The molecule has 1 aromatic carbocycles. The molecule has 0 unspecified atom stereocenters. The van der Waals surface area contributed by atoms with Crippen LogP contribution in [-0.2, 0) is 9.53 Å². The number of nitrogens with two attached hydrogens (primary N) is 1. The van der Waals surface area contributed by atoms with Crippen molar-refractivity contribution in [3.8, 4) is 5.75 Å². The third-order valence-electron chi connectivity index (χ3n) is 3.13. The summed E-state index contributed by atoms with van der Waals surface area (Å²) in [6.07, 6.45) is 3.20. The predicted molar refractivity (Wildman–Crippen MR) is 79.2 cm³/mol. The monoisotopic (exact) mass is 279 g/mol. The zero-order valence-electron chi connectivity index (χ0n) is 11.7. The van der Waals surface area contributed by atoms with E-state index in [9.17, 15) is 4.79 Å². The lowest BCUT2D eigenvalue weighted by Gasteiger charge is -2.20. The fraction of sp³-hybridized carbons (Fsp3) is 0.500. The Hall–Kier alpha value is -1.95. The largest absolute Gasteiger partial charge is 0.482 e. The van der Waals surface area contributed by atoms with Gasteiger partial charge in [0, 0.05) is 26.3 Å². The molecule has 1 aromatic rings. The number of nitrogen functional groups attached to an aromatic ring is 1. The molecule has 0 saturated carbocycles. The van der Waals surface area contributed by atoms with Gasteiger partial charge in [-0.05, 0) is 25.3 Å². The summed E-state index contributed by atoms with van der Waals surface area (Å²) in [7, 11) is 1.71. The number of carbonyl (C=O) groups is 1. The fourth-order valence-corrected chi connectivity index (χ4v) is 2.07. The molecule has 0 bridgehead atoms. The van der Waals surface area contributed by atoms with Crippen LogP contribution in [0.3, 0.4) is 0 Å². The SMILES string of the molecule is COCCCCCNc1cc2c(cc1N)OCC(=O)N2. The Balaban J connectivity index is 1.88. The van der Waals surface area contributed by atoms with Crippen molar-refractivity contribution >= 4 is 23.0 Å². The molecule has 1 amide bonds. The van der Waals surface area contributed by atoms with Crippen molar-refractivity contribution in [2.24, 2.45) is 0 Å². The molecule has 1 aliphatic heterocycles. The smallest absolute Gasteiger partial charge is 0.262 e. The summed E-state index contributed by atoms with van der Waals surface area (Å²) >= 11 is 0. The standard InChI is InChI=1S/C14H21N3O3/c1-19-6-4-2-3-5-16-11-8-12-13(7-10(11)15)20-9-14(18)17-12/h7-8,16H,2-6,9,15H2,1H3,(H,17,18). The van der Waals surface area contributed by atoms with E-state index in [0.29, 0.717) is 17.1 Å². The van der Waals surface area contributed by atoms with Crippen LogP contribution in [0.4, 0.5) is 17.1 Å². The number of ether oxygens (including phenoxy) is 2. The van der Waals surface area contributed by atoms with Crippen LogP contribution in [0, 0.1) is 0 Å². The topological polar surface area (TPSA) is 85.6 Å². The molecule has 1 heterocycles. The Bertz CT molecular complexity index is 477. The molecule has 6 heteroatoms. The minimum absolute atomic E-state index is 0.0404. The van der Waals surface area contributed by atoms with E-state index in [1.807, 2.05) is 6.07 Å². The number of anilines is 3.